The Kier molecular flexibility index (Phi) is 3.52. The van der Waals surface area contributed by atoms with Gasteiger partial charge in [0.2, 0.25) is 5.88 Å². The Morgan fingerprint density at radius 1 is 1.28 bits per heavy atom. The van der Waals surface area contributed by atoms with Crippen LogP contribution in [0.3, 0.4) is 0 Å². The molecule has 0 radical (unpaired) electrons. The zero-order valence-corrected chi connectivity index (χ0v) is 10.4. The predicted octanol–water partition coefficient (Wildman–Crippen LogP) is 2.87. The van der Waals surface area contributed by atoms with Crippen molar-refractivity contribution in [3.05, 3.63) is 46.3 Å². The van der Waals surface area contributed by atoms with Gasteiger partial charge in [0.1, 0.15) is 11.6 Å². The molecule has 92 valence electrons. The van der Waals surface area contributed by atoms with E-state index >= 15 is 0 Å². The summed E-state index contributed by atoms with van der Waals surface area (Å²) in [5, 5.41) is 15.7. The highest BCUT2D eigenvalue weighted by Gasteiger charge is 2.07. The lowest BCUT2D eigenvalue weighted by molar-refractivity contribution is 0.0689. The largest absolute Gasteiger partial charge is 0.476 e. The second kappa shape index (κ2) is 5.09. The van der Waals surface area contributed by atoms with E-state index in [1.807, 2.05) is 0 Å². The van der Waals surface area contributed by atoms with Crippen LogP contribution in [0.2, 0.25) is 0 Å². The van der Waals surface area contributed by atoms with Gasteiger partial charge in [-0.3, -0.25) is 0 Å². The molecular weight excluding hydrogens is 307 g/mol. The van der Waals surface area contributed by atoms with Gasteiger partial charge in [-0.2, -0.15) is 0 Å². The molecule has 7 heteroatoms. The van der Waals surface area contributed by atoms with Crippen LogP contribution in [-0.2, 0) is 0 Å². The lowest BCUT2D eigenvalue weighted by Gasteiger charge is -2.04. The molecule has 1 aromatic carbocycles. The topological polar surface area (TPSA) is 72.3 Å². The lowest BCUT2D eigenvalue weighted by atomic mass is 10.3. The number of ether oxygens (including phenoxy) is 1. The van der Waals surface area contributed by atoms with Crippen LogP contribution >= 0.6 is 15.9 Å². The van der Waals surface area contributed by atoms with Crippen LogP contribution in [0.25, 0.3) is 0 Å². The van der Waals surface area contributed by atoms with E-state index in [9.17, 15) is 9.18 Å². The van der Waals surface area contributed by atoms with Gasteiger partial charge in [-0.15, -0.1) is 10.2 Å². The molecule has 0 spiro atoms. The van der Waals surface area contributed by atoms with E-state index in [0.29, 0.717) is 5.75 Å². The number of carbonyl (C=O) groups is 1. The van der Waals surface area contributed by atoms with Gasteiger partial charge in [0.05, 0.1) is 4.47 Å². The van der Waals surface area contributed by atoms with E-state index in [-0.39, 0.29) is 16.0 Å². The second-order valence-electron chi connectivity index (χ2n) is 3.24. The Morgan fingerprint density at radius 2 is 2.06 bits per heavy atom. The Labute approximate surface area is 109 Å². The monoisotopic (exact) mass is 312 g/mol. The molecule has 1 aromatic heterocycles. The smallest absolute Gasteiger partial charge is 0.356 e. The molecule has 0 saturated carbocycles. The summed E-state index contributed by atoms with van der Waals surface area (Å²) in [7, 11) is 0. The van der Waals surface area contributed by atoms with E-state index in [1.54, 1.807) is 0 Å². The molecule has 0 aliphatic heterocycles. The van der Waals surface area contributed by atoms with Gasteiger partial charge in [-0.25, -0.2) is 9.18 Å². The first-order valence-electron chi connectivity index (χ1n) is 4.76. The third-order valence-corrected chi connectivity index (χ3v) is 2.58. The molecule has 2 rings (SSSR count). The lowest BCUT2D eigenvalue weighted by Crippen LogP contribution is -2.02. The maximum atomic E-state index is 13.0. The molecule has 2 aromatic rings. The quantitative estimate of drug-likeness (QED) is 0.943. The number of halogens is 2. The number of rotatable bonds is 3. The molecule has 5 nitrogen and oxygen atoms in total. The van der Waals surface area contributed by atoms with Crippen molar-refractivity contribution in [1.29, 1.82) is 0 Å². The summed E-state index contributed by atoms with van der Waals surface area (Å²) in [4.78, 5) is 10.6. The minimum atomic E-state index is -1.17. The van der Waals surface area contributed by atoms with E-state index < -0.39 is 11.8 Å². The maximum Gasteiger partial charge on any atom is 0.356 e. The number of benzene rings is 1. The number of carboxylic acids is 1. The zero-order valence-electron chi connectivity index (χ0n) is 8.80. The number of hydrogen-bond donors (Lipinski definition) is 1. The first-order valence-corrected chi connectivity index (χ1v) is 5.55. The Balaban J connectivity index is 2.18. The van der Waals surface area contributed by atoms with Crippen LogP contribution < -0.4 is 4.74 Å². The molecule has 1 N–H and O–H groups in total. The van der Waals surface area contributed by atoms with Crippen LogP contribution in [0, 0.1) is 5.82 Å². The predicted molar refractivity (Wildman–Crippen MR) is 63.2 cm³/mol. The summed E-state index contributed by atoms with van der Waals surface area (Å²) in [6, 6.07) is 6.73. The minimum absolute atomic E-state index is 0.124. The van der Waals surface area contributed by atoms with Crippen LogP contribution in [0.4, 0.5) is 4.39 Å². The Bertz CT molecular complexity index is 589. The van der Waals surface area contributed by atoms with Crippen molar-refractivity contribution < 1.29 is 19.0 Å². The highest BCUT2D eigenvalue weighted by atomic mass is 79.9. The molecule has 0 atom stereocenters. The van der Waals surface area contributed by atoms with Gasteiger partial charge >= 0.3 is 5.97 Å². The molecule has 0 aliphatic rings. The molecule has 0 aliphatic carbocycles. The van der Waals surface area contributed by atoms with Crippen LogP contribution in [-0.4, -0.2) is 21.3 Å². The van der Waals surface area contributed by atoms with Gasteiger partial charge in [0.15, 0.2) is 5.69 Å². The summed E-state index contributed by atoms with van der Waals surface area (Å²) in [5.74, 6) is -1.09. The van der Waals surface area contributed by atoms with E-state index in [2.05, 4.69) is 26.1 Å². The molecule has 0 unspecified atom stereocenters. The molecular formula is C11H6BrFN2O3. The van der Waals surface area contributed by atoms with Crippen molar-refractivity contribution in [2.45, 2.75) is 0 Å². The van der Waals surface area contributed by atoms with Crippen molar-refractivity contribution in [2.75, 3.05) is 0 Å². The number of carboxylic acid groups (broad SMARTS) is 1. The fourth-order valence-electron chi connectivity index (χ4n) is 1.15. The number of nitrogens with zero attached hydrogens (tertiary/aromatic N) is 2. The standard InChI is InChI=1S/C11H6BrFN2O3/c12-7-5-6(1-2-8(7)13)18-10-4-3-9(11(16)17)14-15-10/h1-5H,(H,16,17). The summed E-state index contributed by atoms with van der Waals surface area (Å²) in [5.41, 5.74) is -0.178. The fraction of sp³-hybridized carbons (Fsp3) is 0. The van der Waals surface area contributed by atoms with Crippen LogP contribution in [0.15, 0.2) is 34.8 Å². The highest BCUT2D eigenvalue weighted by molar-refractivity contribution is 9.10. The average molecular weight is 313 g/mol. The molecule has 1 heterocycles. The Morgan fingerprint density at radius 3 is 2.61 bits per heavy atom. The fourth-order valence-corrected chi connectivity index (χ4v) is 1.51. The summed E-state index contributed by atoms with van der Waals surface area (Å²) >= 11 is 3.02. The SMILES string of the molecule is O=C(O)c1ccc(Oc2ccc(F)c(Br)c2)nn1. The molecule has 18 heavy (non-hydrogen) atoms. The first-order chi connectivity index (χ1) is 8.56. The van der Waals surface area contributed by atoms with Crippen molar-refractivity contribution in [2.24, 2.45) is 0 Å². The number of aromatic carboxylic acids is 1. The third kappa shape index (κ3) is 2.80. The van der Waals surface area contributed by atoms with Gasteiger partial charge in [0.25, 0.3) is 0 Å². The van der Waals surface area contributed by atoms with Crippen molar-refractivity contribution in [1.82, 2.24) is 10.2 Å². The summed E-state index contributed by atoms with van der Waals surface area (Å²) in [6.45, 7) is 0. The normalized spacial score (nSPS) is 10.1. The van der Waals surface area contributed by atoms with Gasteiger partial charge in [-0.1, -0.05) is 0 Å². The van der Waals surface area contributed by atoms with Crippen molar-refractivity contribution in [3.63, 3.8) is 0 Å². The van der Waals surface area contributed by atoms with Gasteiger partial charge in [0, 0.05) is 6.07 Å². The second-order valence-corrected chi connectivity index (χ2v) is 4.09. The van der Waals surface area contributed by atoms with Gasteiger partial charge < -0.3 is 9.84 Å². The number of hydrogen-bond acceptors (Lipinski definition) is 4. The van der Waals surface area contributed by atoms with E-state index in [1.165, 1.54) is 30.3 Å². The van der Waals surface area contributed by atoms with Crippen LogP contribution in [0.5, 0.6) is 11.6 Å². The zero-order chi connectivity index (χ0) is 13.1. The number of aromatic nitrogens is 2. The molecule has 0 amide bonds. The van der Waals surface area contributed by atoms with Crippen molar-refractivity contribution in [3.8, 4) is 11.6 Å². The molecule has 0 bridgehead atoms. The third-order valence-electron chi connectivity index (χ3n) is 1.97. The van der Waals surface area contributed by atoms with Crippen molar-refractivity contribution >= 4 is 21.9 Å². The molecule has 0 saturated heterocycles. The highest BCUT2D eigenvalue weighted by Crippen LogP contribution is 2.24. The van der Waals surface area contributed by atoms with Gasteiger partial charge in [-0.05, 0) is 40.2 Å². The van der Waals surface area contributed by atoms with Crippen LogP contribution in [0.1, 0.15) is 10.5 Å². The van der Waals surface area contributed by atoms with E-state index in [4.69, 9.17) is 9.84 Å². The average Bonchev–Trinajstić information content (AvgIpc) is 2.34. The summed E-state index contributed by atoms with van der Waals surface area (Å²) < 4.78 is 18.5. The maximum absolute atomic E-state index is 13.0. The minimum Gasteiger partial charge on any atom is -0.476 e. The first kappa shape index (κ1) is 12.4. The van der Waals surface area contributed by atoms with E-state index in [0.717, 1.165) is 0 Å². The Hall–Kier alpha value is -2.02. The summed E-state index contributed by atoms with van der Waals surface area (Å²) in [6.07, 6.45) is 0. The molecule has 0 fully saturated rings.